The molecule has 150 valence electrons. The summed E-state index contributed by atoms with van der Waals surface area (Å²) in [7, 11) is 0. The number of hydrogen-bond donors (Lipinski definition) is 3. The summed E-state index contributed by atoms with van der Waals surface area (Å²) in [6.45, 7) is 1.00. The normalized spacial score (nSPS) is 18.2. The summed E-state index contributed by atoms with van der Waals surface area (Å²) in [5, 5.41) is 17.5. The van der Waals surface area contributed by atoms with E-state index in [0.717, 1.165) is 24.8 Å². The summed E-state index contributed by atoms with van der Waals surface area (Å²) in [5.41, 5.74) is 7.34. The third-order valence-corrected chi connectivity index (χ3v) is 5.06. The number of nitrogens with one attached hydrogen (secondary N) is 2. The van der Waals surface area contributed by atoms with Crippen molar-refractivity contribution >= 4 is 29.7 Å². The average Bonchev–Trinajstić information content (AvgIpc) is 3.14. The molecule has 2 aromatic rings. The van der Waals surface area contributed by atoms with Crippen molar-refractivity contribution in [2.75, 3.05) is 11.9 Å². The maximum absolute atomic E-state index is 12.5. The highest BCUT2D eigenvalue weighted by Crippen LogP contribution is 2.28. The first-order valence-corrected chi connectivity index (χ1v) is 9.15. The molecule has 0 bridgehead atoms. The van der Waals surface area contributed by atoms with E-state index in [0.29, 0.717) is 18.8 Å². The van der Waals surface area contributed by atoms with Gasteiger partial charge < -0.3 is 16.4 Å². The van der Waals surface area contributed by atoms with Crippen LogP contribution in [-0.2, 0) is 6.54 Å². The Kier molecular flexibility index (Phi) is 7.78. The fourth-order valence-electron chi connectivity index (χ4n) is 3.53. The van der Waals surface area contributed by atoms with Gasteiger partial charge >= 0.3 is 0 Å². The van der Waals surface area contributed by atoms with Crippen LogP contribution >= 0.6 is 12.4 Å². The molecule has 1 aliphatic carbocycles. The van der Waals surface area contributed by atoms with Crippen LogP contribution in [0.5, 0.6) is 0 Å². The van der Waals surface area contributed by atoms with Crippen molar-refractivity contribution in [2.24, 2.45) is 11.7 Å². The van der Waals surface area contributed by atoms with Crippen molar-refractivity contribution in [3.8, 4) is 0 Å². The summed E-state index contributed by atoms with van der Waals surface area (Å²) in [5.74, 6) is -0.0196. The molecule has 1 amide bonds. The number of amides is 1. The molecule has 2 atom stereocenters. The maximum Gasteiger partial charge on any atom is 0.293 e. The van der Waals surface area contributed by atoms with Gasteiger partial charge in [0.05, 0.1) is 4.92 Å². The standard InChI is InChI=1S/C20H24N4O3.ClH/c21-12-16-7-4-8-17(16)23-20(25)15-9-10-18(19(11-15)24(26)27)22-13-14-5-2-1-3-6-14;/h1-3,5-6,9-11,16-17,22H,4,7-8,12-13,21H2,(H,23,25);1H. The van der Waals surface area contributed by atoms with Gasteiger partial charge in [-0.15, -0.1) is 12.4 Å². The van der Waals surface area contributed by atoms with Crippen LogP contribution in [0.15, 0.2) is 48.5 Å². The van der Waals surface area contributed by atoms with Crippen LogP contribution in [0.4, 0.5) is 11.4 Å². The van der Waals surface area contributed by atoms with Crippen molar-refractivity contribution in [2.45, 2.75) is 31.8 Å². The van der Waals surface area contributed by atoms with Gasteiger partial charge in [-0.05, 0) is 43.0 Å². The molecule has 0 heterocycles. The summed E-state index contributed by atoms with van der Waals surface area (Å²) in [6.07, 6.45) is 2.94. The number of nitro benzene ring substituents is 1. The van der Waals surface area contributed by atoms with Gasteiger partial charge in [0.25, 0.3) is 11.6 Å². The van der Waals surface area contributed by atoms with Crippen LogP contribution < -0.4 is 16.4 Å². The average molecular weight is 405 g/mol. The predicted octanol–water partition coefficient (Wildman–Crippen LogP) is 3.49. The Morgan fingerprint density at radius 3 is 2.61 bits per heavy atom. The molecule has 0 radical (unpaired) electrons. The molecule has 1 fully saturated rings. The number of carbonyl (C=O) groups excluding carboxylic acids is 1. The van der Waals surface area contributed by atoms with Gasteiger partial charge in [-0.2, -0.15) is 0 Å². The van der Waals surface area contributed by atoms with E-state index in [-0.39, 0.29) is 41.5 Å². The van der Waals surface area contributed by atoms with E-state index in [1.165, 1.54) is 6.07 Å². The number of benzene rings is 2. The second-order valence-corrected chi connectivity index (χ2v) is 6.83. The highest BCUT2D eigenvalue weighted by atomic mass is 35.5. The van der Waals surface area contributed by atoms with Crippen LogP contribution in [-0.4, -0.2) is 23.4 Å². The fraction of sp³-hybridized carbons (Fsp3) is 0.350. The number of anilines is 1. The number of hydrogen-bond acceptors (Lipinski definition) is 5. The summed E-state index contributed by atoms with van der Waals surface area (Å²) in [4.78, 5) is 23.5. The van der Waals surface area contributed by atoms with Crippen LogP contribution in [0, 0.1) is 16.0 Å². The summed E-state index contributed by atoms with van der Waals surface area (Å²) < 4.78 is 0. The van der Waals surface area contributed by atoms with E-state index in [9.17, 15) is 14.9 Å². The number of nitrogens with zero attached hydrogens (tertiary/aromatic N) is 1. The number of nitro groups is 1. The third-order valence-electron chi connectivity index (χ3n) is 5.06. The molecule has 1 saturated carbocycles. The highest BCUT2D eigenvalue weighted by molar-refractivity contribution is 5.96. The second-order valence-electron chi connectivity index (χ2n) is 6.83. The summed E-state index contributed by atoms with van der Waals surface area (Å²) in [6, 6.07) is 14.2. The third kappa shape index (κ3) is 5.21. The van der Waals surface area contributed by atoms with Crippen LogP contribution in [0.3, 0.4) is 0 Å². The molecular weight excluding hydrogens is 380 g/mol. The second kappa shape index (κ2) is 10.1. The maximum atomic E-state index is 12.5. The van der Waals surface area contributed by atoms with Gasteiger partial charge in [0.15, 0.2) is 0 Å². The molecule has 3 rings (SSSR count). The Labute approximate surface area is 170 Å². The molecule has 0 aliphatic heterocycles. The molecular formula is C20H25ClN4O3. The molecule has 0 spiro atoms. The molecule has 28 heavy (non-hydrogen) atoms. The van der Waals surface area contributed by atoms with Gasteiger partial charge in [-0.3, -0.25) is 14.9 Å². The largest absolute Gasteiger partial charge is 0.375 e. The zero-order chi connectivity index (χ0) is 19.2. The SMILES string of the molecule is Cl.NCC1CCCC1NC(=O)c1ccc(NCc2ccccc2)c([N+](=O)[O-])c1. The lowest BCUT2D eigenvalue weighted by molar-refractivity contribution is -0.384. The quantitative estimate of drug-likeness (QED) is 0.483. The number of halogens is 1. The molecule has 7 nitrogen and oxygen atoms in total. The van der Waals surface area contributed by atoms with E-state index in [4.69, 9.17) is 5.73 Å². The first kappa shape index (κ1) is 21.7. The van der Waals surface area contributed by atoms with Crippen LogP contribution in [0.25, 0.3) is 0 Å². The summed E-state index contributed by atoms with van der Waals surface area (Å²) >= 11 is 0. The zero-order valence-corrected chi connectivity index (χ0v) is 16.3. The van der Waals surface area contributed by atoms with Crippen molar-refractivity contribution in [1.82, 2.24) is 5.32 Å². The topological polar surface area (TPSA) is 110 Å². The Bertz CT molecular complexity index is 816. The monoisotopic (exact) mass is 404 g/mol. The molecule has 2 unspecified atom stereocenters. The molecule has 2 aromatic carbocycles. The zero-order valence-electron chi connectivity index (χ0n) is 15.5. The highest BCUT2D eigenvalue weighted by Gasteiger charge is 2.28. The van der Waals surface area contributed by atoms with Gasteiger partial charge in [-0.1, -0.05) is 36.8 Å². The van der Waals surface area contributed by atoms with Gasteiger partial charge in [0.1, 0.15) is 5.69 Å². The van der Waals surface area contributed by atoms with E-state index >= 15 is 0 Å². The van der Waals surface area contributed by atoms with Crippen molar-refractivity contribution < 1.29 is 9.72 Å². The number of nitrogens with two attached hydrogens (primary N) is 1. The lowest BCUT2D eigenvalue weighted by Gasteiger charge is -2.19. The molecule has 0 saturated heterocycles. The Balaban J connectivity index is 0.00000280. The van der Waals surface area contributed by atoms with Gasteiger partial charge in [-0.25, -0.2) is 0 Å². The van der Waals surface area contributed by atoms with Gasteiger partial charge in [0.2, 0.25) is 0 Å². The molecule has 4 N–H and O–H groups in total. The van der Waals surface area contributed by atoms with Crippen molar-refractivity contribution in [3.63, 3.8) is 0 Å². The van der Waals surface area contributed by atoms with E-state index in [2.05, 4.69) is 10.6 Å². The van der Waals surface area contributed by atoms with E-state index in [1.807, 2.05) is 30.3 Å². The lowest BCUT2D eigenvalue weighted by atomic mass is 10.0. The van der Waals surface area contributed by atoms with E-state index < -0.39 is 4.92 Å². The fourth-order valence-corrected chi connectivity index (χ4v) is 3.53. The van der Waals surface area contributed by atoms with Crippen molar-refractivity contribution in [3.05, 3.63) is 69.8 Å². The number of carbonyl (C=O) groups is 1. The van der Waals surface area contributed by atoms with Crippen molar-refractivity contribution in [1.29, 1.82) is 0 Å². The molecule has 8 heteroatoms. The van der Waals surface area contributed by atoms with Crippen LogP contribution in [0.1, 0.15) is 35.2 Å². The van der Waals surface area contributed by atoms with Crippen LogP contribution in [0.2, 0.25) is 0 Å². The minimum Gasteiger partial charge on any atom is -0.375 e. The Morgan fingerprint density at radius 2 is 1.93 bits per heavy atom. The first-order valence-electron chi connectivity index (χ1n) is 9.15. The Morgan fingerprint density at radius 1 is 1.18 bits per heavy atom. The molecule has 1 aliphatic rings. The minimum atomic E-state index is -0.470. The minimum absolute atomic E-state index is 0. The predicted molar refractivity (Wildman–Crippen MR) is 112 cm³/mol. The van der Waals surface area contributed by atoms with E-state index in [1.54, 1.807) is 12.1 Å². The van der Waals surface area contributed by atoms with Gasteiger partial charge in [0, 0.05) is 24.2 Å². The molecule has 0 aromatic heterocycles. The first-order chi connectivity index (χ1) is 13.1. The Hall–Kier alpha value is -2.64. The lowest BCUT2D eigenvalue weighted by Crippen LogP contribution is -2.39. The number of rotatable bonds is 7. The smallest absolute Gasteiger partial charge is 0.293 e.